The lowest BCUT2D eigenvalue weighted by atomic mass is 10.0. The third-order valence-corrected chi connectivity index (χ3v) is 3.60. The van der Waals surface area contributed by atoms with E-state index < -0.39 is 0 Å². The van der Waals surface area contributed by atoms with Gasteiger partial charge in [0.15, 0.2) is 5.15 Å². The number of aromatic nitrogens is 1. The monoisotopic (exact) mass is 294 g/mol. The summed E-state index contributed by atoms with van der Waals surface area (Å²) in [5, 5.41) is 3.79. The molecule has 3 rings (SSSR count). The van der Waals surface area contributed by atoms with Crippen molar-refractivity contribution in [3.8, 4) is 11.1 Å². The third-order valence-electron chi connectivity index (χ3n) is 3.30. The minimum absolute atomic E-state index is 0.499. The van der Waals surface area contributed by atoms with Crippen LogP contribution in [0.15, 0.2) is 72.9 Å². The van der Waals surface area contributed by atoms with Crippen molar-refractivity contribution in [1.29, 1.82) is 0 Å². The number of anilines is 1. The highest BCUT2D eigenvalue weighted by atomic mass is 35.5. The minimum Gasteiger partial charge on any atom is -0.378 e. The summed E-state index contributed by atoms with van der Waals surface area (Å²) >= 11 is 6.02. The molecule has 1 aromatic heterocycles. The Morgan fingerprint density at radius 3 is 2.24 bits per heavy atom. The summed E-state index contributed by atoms with van der Waals surface area (Å²) in [4.78, 5) is 4.05. The van der Waals surface area contributed by atoms with E-state index in [2.05, 4.69) is 58.8 Å². The first-order valence-corrected chi connectivity index (χ1v) is 7.19. The molecule has 0 spiro atoms. The molecule has 104 valence electrons. The molecule has 0 unspecified atom stereocenters. The molecular formula is C18H15ClN2. The number of nitrogens with one attached hydrogen (secondary N) is 1. The highest BCUT2D eigenvalue weighted by molar-refractivity contribution is 6.31. The molecule has 3 aromatic rings. The zero-order chi connectivity index (χ0) is 14.5. The molecule has 0 aliphatic heterocycles. The average Bonchev–Trinajstić information content (AvgIpc) is 2.55. The Hall–Kier alpha value is -2.32. The molecule has 1 heterocycles. The number of halogens is 1. The quantitative estimate of drug-likeness (QED) is 0.684. The van der Waals surface area contributed by atoms with Crippen LogP contribution in [-0.2, 0) is 6.54 Å². The van der Waals surface area contributed by atoms with Crippen LogP contribution in [0.2, 0.25) is 5.15 Å². The van der Waals surface area contributed by atoms with E-state index in [4.69, 9.17) is 11.6 Å². The zero-order valence-corrected chi connectivity index (χ0v) is 12.2. The molecular weight excluding hydrogens is 280 g/mol. The van der Waals surface area contributed by atoms with Gasteiger partial charge in [0, 0.05) is 12.7 Å². The molecule has 0 atom stereocenters. The number of benzene rings is 2. The molecule has 1 N–H and O–H groups in total. The second-order valence-electron chi connectivity index (χ2n) is 4.76. The highest BCUT2D eigenvalue weighted by Crippen LogP contribution is 2.21. The van der Waals surface area contributed by atoms with Crippen molar-refractivity contribution in [2.24, 2.45) is 0 Å². The Morgan fingerprint density at radius 2 is 1.52 bits per heavy atom. The molecule has 0 saturated carbocycles. The van der Waals surface area contributed by atoms with Crippen LogP contribution in [0.5, 0.6) is 0 Å². The van der Waals surface area contributed by atoms with Gasteiger partial charge < -0.3 is 5.32 Å². The smallest absolute Gasteiger partial charge is 0.152 e. The van der Waals surface area contributed by atoms with E-state index >= 15 is 0 Å². The first-order chi connectivity index (χ1) is 10.3. The minimum atomic E-state index is 0.499. The maximum Gasteiger partial charge on any atom is 0.152 e. The highest BCUT2D eigenvalue weighted by Gasteiger charge is 2.01. The van der Waals surface area contributed by atoms with Crippen LogP contribution in [0.25, 0.3) is 11.1 Å². The first kappa shape index (κ1) is 13.7. The Morgan fingerprint density at radius 1 is 0.810 bits per heavy atom. The molecule has 0 bridgehead atoms. The molecule has 2 aromatic carbocycles. The van der Waals surface area contributed by atoms with Crippen LogP contribution < -0.4 is 5.32 Å². The summed E-state index contributed by atoms with van der Waals surface area (Å²) in [6, 6.07) is 22.7. The summed E-state index contributed by atoms with van der Waals surface area (Å²) in [7, 11) is 0. The Balaban J connectivity index is 1.69. The van der Waals surface area contributed by atoms with Crippen molar-refractivity contribution in [1.82, 2.24) is 4.98 Å². The Bertz CT molecular complexity index is 709. The van der Waals surface area contributed by atoms with Gasteiger partial charge in [-0.3, -0.25) is 0 Å². The summed E-state index contributed by atoms with van der Waals surface area (Å²) in [6.45, 7) is 0.723. The molecule has 2 nitrogen and oxygen atoms in total. The number of rotatable bonds is 4. The fourth-order valence-electron chi connectivity index (χ4n) is 2.16. The lowest BCUT2D eigenvalue weighted by molar-refractivity contribution is 1.14. The predicted octanol–water partition coefficient (Wildman–Crippen LogP) is 5.01. The first-order valence-electron chi connectivity index (χ1n) is 6.82. The number of hydrogen-bond acceptors (Lipinski definition) is 2. The lowest BCUT2D eigenvalue weighted by Crippen LogP contribution is -2.00. The Kier molecular flexibility index (Phi) is 4.17. The second-order valence-corrected chi connectivity index (χ2v) is 5.12. The van der Waals surface area contributed by atoms with E-state index in [0.717, 1.165) is 12.2 Å². The van der Waals surface area contributed by atoms with E-state index in [9.17, 15) is 0 Å². The average molecular weight is 295 g/mol. The molecule has 0 radical (unpaired) electrons. The SMILES string of the molecule is Clc1ncccc1NCc1ccc(-c2ccccc2)cc1. The van der Waals surface area contributed by atoms with Crippen LogP contribution in [0, 0.1) is 0 Å². The van der Waals surface area contributed by atoms with E-state index in [0.29, 0.717) is 5.15 Å². The Labute approximate surface area is 129 Å². The van der Waals surface area contributed by atoms with Crippen molar-refractivity contribution in [3.63, 3.8) is 0 Å². The van der Waals surface area contributed by atoms with Crippen molar-refractivity contribution >= 4 is 17.3 Å². The van der Waals surface area contributed by atoms with Gasteiger partial charge in [0.2, 0.25) is 0 Å². The van der Waals surface area contributed by atoms with Crippen LogP contribution in [0.4, 0.5) is 5.69 Å². The summed E-state index contributed by atoms with van der Waals surface area (Å²) < 4.78 is 0. The van der Waals surface area contributed by atoms with E-state index in [1.807, 2.05) is 18.2 Å². The maximum atomic E-state index is 6.02. The van der Waals surface area contributed by atoms with Crippen LogP contribution in [-0.4, -0.2) is 4.98 Å². The number of hydrogen-bond donors (Lipinski definition) is 1. The largest absolute Gasteiger partial charge is 0.378 e. The van der Waals surface area contributed by atoms with Gasteiger partial charge in [0.25, 0.3) is 0 Å². The topological polar surface area (TPSA) is 24.9 Å². The van der Waals surface area contributed by atoms with Gasteiger partial charge in [-0.1, -0.05) is 66.2 Å². The number of pyridine rings is 1. The molecule has 0 amide bonds. The second kappa shape index (κ2) is 6.42. The van der Waals surface area contributed by atoms with Crippen LogP contribution in [0.3, 0.4) is 0 Å². The summed E-state index contributed by atoms with van der Waals surface area (Å²) in [5.74, 6) is 0. The van der Waals surface area contributed by atoms with Crippen molar-refractivity contribution in [3.05, 3.63) is 83.6 Å². The molecule has 0 saturated heterocycles. The summed E-state index contributed by atoms with van der Waals surface area (Å²) in [5.41, 5.74) is 4.51. The fourth-order valence-corrected chi connectivity index (χ4v) is 2.35. The molecule has 0 fully saturated rings. The van der Waals surface area contributed by atoms with Gasteiger partial charge in [0.1, 0.15) is 0 Å². The number of nitrogens with zero attached hydrogens (tertiary/aromatic N) is 1. The standard InChI is InChI=1S/C18H15ClN2/c19-18-17(7-4-12-20-18)21-13-14-8-10-16(11-9-14)15-5-2-1-3-6-15/h1-12,21H,13H2. The van der Waals surface area contributed by atoms with Gasteiger partial charge in [-0.25, -0.2) is 4.98 Å². The van der Waals surface area contributed by atoms with Gasteiger partial charge in [-0.05, 0) is 28.8 Å². The predicted molar refractivity (Wildman–Crippen MR) is 88.5 cm³/mol. The molecule has 3 heteroatoms. The zero-order valence-electron chi connectivity index (χ0n) is 11.5. The molecule has 0 aliphatic rings. The molecule has 21 heavy (non-hydrogen) atoms. The van der Waals surface area contributed by atoms with Crippen molar-refractivity contribution in [2.75, 3.05) is 5.32 Å². The maximum absolute atomic E-state index is 6.02. The van der Waals surface area contributed by atoms with E-state index in [1.54, 1.807) is 6.20 Å². The van der Waals surface area contributed by atoms with Gasteiger partial charge in [-0.2, -0.15) is 0 Å². The van der Waals surface area contributed by atoms with Crippen molar-refractivity contribution < 1.29 is 0 Å². The fraction of sp³-hybridized carbons (Fsp3) is 0.0556. The van der Waals surface area contributed by atoms with Gasteiger partial charge in [-0.15, -0.1) is 0 Å². The molecule has 0 aliphatic carbocycles. The van der Waals surface area contributed by atoms with Crippen molar-refractivity contribution in [2.45, 2.75) is 6.54 Å². The lowest BCUT2D eigenvalue weighted by Gasteiger charge is -2.08. The van der Waals surface area contributed by atoms with Crippen LogP contribution in [0.1, 0.15) is 5.56 Å². The third kappa shape index (κ3) is 3.41. The normalized spacial score (nSPS) is 10.3. The summed E-state index contributed by atoms with van der Waals surface area (Å²) in [6.07, 6.45) is 1.68. The van der Waals surface area contributed by atoms with Gasteiger partial charge >= 0.3 is 0 Å². The van der Waals surface area contributed by atoms with E-state index in [-0.39, 0.29) is 0 Å². The van der Waals surface area contributed by atoms with Gasteiger partial charge in [0.05, 0.1) is 5.69 Å². The van der Waals surface area contributed by atoms with Crippen LogP contribution >= 0.6 is 11.6 Å². The van der Waals surface area contributed by atoms with E-state index in [1.165, 1.54) is 16.7 Å².